The molecule has 3 heterocycles. The van der Waals surface area contributed by atoms with E-state index in [4.69, 9.17) is 0 Å². The first-order chi connectivity index (χ1) is 9.15. The van der Waals surface area contributed by atoms with Crippen LogP contribution < -0.4 is 5.32 Å². The molecule has 0 saturated heterocycles. The van der Waals surface area contributed by atoms with Crippen LogP contribution in [0.2, 0.25) is 0 Å². The van der Waals surface area contributed by atoms with Crippen molar-refractivity contribution in [2.24, 2.45) is 0 Å². The van der Waals surface area contributed by atoms with E-state index in [2.05, 4.69) is 10.3 Å². The topological polar surface area (TPSA) is 85.1 Å². The lowest BCUT2D eigenvalue weighted by molar-refractivity contribution is -0.380. The molecule has 0 spiro atoms. The monoisotopic (exact) mass is 273 g/mol. The summed E-state index contributed by atoms with van der Waals surface area (Å²) >= 11 is 1.02. The summed E-state index contributed by atoms with van der Waals surface area (Å²) in [5.74, 6) is -0.246. The van der Waals surface area contributed by atoms with Crippen LogP contribution in [0.3, 0.4) is 0 Å². The summed E-state index contributed by atoms with van der Waals surface area (Å²) in [6.07, 6.45) is 3.22. The summed E-state index contributed by atoms with van der Waals surface area (Å²) < 4.78 is 0. The highest BCUT2D eigenvalue weighted by Gasteiger charge is 2.25. The minimum atomic E-state index is -0.451. The lowest BCUT2D eigenvalue weighted by atomic mass is 10.1. The molecule has 0 saturated carbocycles. The lowest BCUT2D eigenvalue weighted by Gasteiger charge is -1.94. The Morgan fingerprint density at radius 1 is 1.37 bits per heavy atom. The number of aromatic nitrogens is 1. The Morgan fingerprint density at radius 3 is 2.95 bits per heavy atom. The van der Waals surface area contributed by atoms with Crippen molar-refractivity contribution in [3.05, 3.63) is 51.1 Å². The maximum Gasteiger partial charge on any atom is 0.324 e. The number of nitrogens with zero attached hydrogens (tertiary/aromatic N) is 2. The van der Waals surface area contributed by atoms with Gasteiger partial charge in [-0.3, -0.25) is 19.9 Å². The standard InChI is InChI=1S/C12H7N3O3S/c16-12-8(11-9(14-12)2-1-5-13-11)6-7-3-4-10(19-7)15(17)18/h1-6H,(H,14,16). The van der Waals surface area contributed by atoms with Gasteiger partial charge in [-0.25, -0.2) is 0 Å². The number of hydrogen-bond donors (Lipinski definition) is 1. The van der Waals surface area contributed by atoms with E-state index in [0.717, 1.165) is 11.3 Å². The molecule has 1 N–H and O–H groups in total. The fourth-order valence-corrected chi connectivity index (χ4v) is 2.58. The molecule has 0 bridgehead atoms. The first kappa shape index (κ1) is 11.5. The fourth-order valence-electron chi connectivity index (χ4n) is 1.81. The van der Waals surface area contributed by atoms with E-state index < -0.39 is 4.92 Å². The smallest absolute Gasteiger partial charge is 0.320 e. The summed E-state index contributed by atoms with van der Waals surface area (Å²) in [6, 6.07) is 6.53. The Morgan fingerprint density at radius 2 is 2.21 bits per heavy atom. The number of thiophene rings is 1. The van der Waals surface area contributed by atoms with E-state index >= 15 is 0 Å². The average Bonchev–Trinajstić information content (AvgIpc) is 2.96. The largest absolute Gasteiger partial charge is 0.324 e. The molecule has 1 amide bonds. The van der Waals surface area contributed by atoms with Gasteiger partial charge in [0.25, 0.3) is 5.91 Å². The molecule has 7 heteroatoms. The molecule has 1 aliphatic heterocycles. The van der Waals surface area contributed by atoms with E-state index in [1.54, 1.807) is 30.5 Å². The van der Waals surface area contributed by atoms with Crippen LogP contribution in [0, 0.1) is 10.1 Å². The van der Waals surface area contributed by atoms with Crippen molar-refractivity contribution in [1.29, 1.82) is 0 Å². The highest BCUT2D eigenvalue weighted by molar-refractivity contribution is 7.16. The molecule has 19 heavy (non-hydrogen) atoms. The third kappa shape index (κ3) is 2.00. The van der Waals surface area contributed by atoms with Crippen LogP contribution in [0.1, 0.15) is 10.6 Å². The number of rotatable bonds is 2. The SMILES string of the molecule is O=C1Nc2cccnc2C1=Cc1ccc([N+](=O)[O-])s1. The van der Waals surface area contributed by atoms with Crippen molar-refractivity contribution in [2.75, 3.05) is 5.32 Å². The molecule has 2 aromatic heterocycles. The molecule has 0 radical (unpaired) electrons. The molecule has 0 fully saturated rings. The number of anilines is 1. The zero-order valence-corrected chi connectivity index (χ0v) is 10.3. The second-order valence-electron chi connectivity index (χ2n) is 3.84. The highest BCUT2D eigenvalue weighted by Crippen LogP contribution is 2.33. The maximum atomic E-state index is 11.8. The molecule has 0 aromatic carbocycles. The maximum absolute atomic E-state index is 11.8. The third-order valence-electron chi connectivity index (χ3n) is 2.63. The molecule has 6 nitrogen and oxygen atoms in total. The zero-order valence-electron chi connectivity index (χ0n) is 9.49. The minimum absolute atomic E-state index is 0.0477. The molecule has 2 aromatic rings. The van der Waals surface area contributed by atoms with Crippen LogP contribution in [-0.2, 0) is 4.79 Å². The van der Waals surface area contributed by atoms with Crippen molar-refractivity contribution < 1.29 is 9.72 Å². The number of amides is 1. The summed E-state index contributed by atoms with van der Waals surface area (Å²) in [5, 5.41) is 13.4. The number of pyridine rings is 1. The number of carbonyl (C=O) groups excluding carboxylic acids is 1. The number of fused-ring (bicyclic) bond motifs is 1. The van der Waals surface area contributed by atoms with Gasteiger partial charge in [0.2, 0.25) is 0 Å². The van der Waals surface area contributed by atoms with Gasteiger partial charge in [-0.2, -0.15) is 0 Å². The highest BCUT2D eigenvalue weighted by atomic mass is 32.1. The predicted octanol–water partition coefficient (Wildman–Crippen LogP) is 2.54. The first-order valence-corrected chi connectivity index (χ1v) is 6.19. The van der Waals surface area contributed by atoms with E-state index in [-0.39, 0.29) is 10.9 Å². The molecule has 0 unspecified atom stereocenters. The van der Waals surface area contributed by atoms with Crippen LogP contribution in [-0.4, -0.2) is 15.8 Å². The van der Waals surface area contributed by atoms with Gasteiger partial charge >= 0.3 is 5.00 Å². The molecule has 94 valence electrons. The van der Waals surface area contributed by atoms with E-state index in [9.17, 15) is 14.9 Å². The summed E-state index contributed by atoms with van der Waals surface area (Å²) in [5.41, 5.74) is 1.65. The Labute approximate surface area is 111 Å². The average molecular weight is 273 g/mol. The molecule has 0 aliphatic carbocycles. The summed E-state index contributed by atoms with van der Waals surface area (Å²) in [7, 11) is 0. The molecular weight excluding hydrogens is 266 g/mol. The Balaban J connectivity index is 2.03. The van der Waals surface area contributed by atoms with Crippen molar-refractivity contribution in [3.63, 3.8) is 0 Å². The normalized spacial score (nSPS) is 15.4. The Bertz CT molecular complexity index is 721. The van der Waals surface area contributed by atoms with Crippen LogP contribution in [0.15, 0.2) is 30.5 Å². The van der Waals surface area contributed by atoms with Crippen LogP contribution in [0.5, 0.6) is 0 Å². The van der Waals surface area contributed by atoms with Gasteiger partial charge in [-0.05, 0) is 24.3 Å². The molecule has 1 aliphatic rings. The zero-order chi connectivity index (χ0) is 13.4. The van der Waals surface area contributed by atoms with Gasteiger partial charge in [0.15, 0.2) is 0 Å². The molecule has 3 rings (SSSR count). The van der Waals surface area contributed by atoms with E-state index in [1.165, 1.54) is 6.07 Å². The predicted molar refractivity (Wildman–Crippen MR) is 71.7 cm³/mol. The molecular formula is C12H7N3O3S. The van der Waals surface area contributed by atoms with Crippen LogP contribution >= 0.6 is 11.3 Å². The lowest BCUT2D eigenvalue weighted by Crippen LogP contribution is -2.03. The number of carbonyl (C=O) groups is 1. The van der Waals surface area contributed by atoms with Crippen LogP contribution in [0.4, 0.5) is 10.7 Å². The first-order valence-electron chi connectivity index (χ1n) is 5.38. The second kappa shape index (κ2) is 4.29. The van der Waals surface area contributed by atoms with Gasteiger partial charge in [0.1, 0.15) is 0 Å². The number of hydrogen-bond acceptors (Lipinski definition) is 5. The van der Waals surface area contributed by atoms with Crippen molar-refractivity contribution in [3.8, 4) is 0 Å². The van der Waals surface area contributed by atoms with Gasteiger partial charge in [0, 0.05) is 17.1 Å². The van der Waals surface area contributed by atoms with Gasteiger partial charge in [-0.15, -0.1) is 0 Å². The summed E-state index contributed by atoms with van der Waals surface area (Å²) in [6.45, 7) is 0. The van der Waals surface area contributed by atoms with Gasteiger partial charge < -0.3 is 5.32 Å². The van der Waals surface area contributed by atoms with Gasteiger partial charge in [0.05, 0.1) is 21.9 Å². The second-order valence-corrected chi connectivity index (χ2v) is 4.94. The Kier molecular flexibility index (Phi) is 2.60. The Hall–Kier alpha value is -2.54. The quantitative estimate of drug-likeness (QED) is 0.517. The van der Waals surface area contributed by atoms with E-state index in [0.29, 0.717) is 21.8 Å². The third-order valence-corrected chi connectivity index (χ3v) is 3.62. The minimum Gasteiger partial charge on any atom is -0.320 e. The van der Waals surface area contributed by atoms with Gasteiger partial charge in [-0.1, -0.05) is 11.3 Å². The summed E-state index contributed by atoms with van der Waals surface area (Å²) in [4.78, 5) is 26.8. The van der Waals surface area contributed by atoms with Crippen LogP contribution in [0.25, 0.3) is 11.6 Å². The molecule has 0 atom stereocenters. The number of nitrogens with one attached hydrogen (secondary N) is 1. The fraction of sp³-hybridized carbons (Fsp3) is 0. The number of nitro groups is 1. The van der Waals surface area contributed by atoms with Crippen molar-refractivity contribution in [2.45, 2.75) is 0 Å². The van der Waals surface area contributed by atoms with Crippen molar-refractivity contribution in [1.82, 2.24) is 4.98 Å². The van der Waals surface area contributed by atoms with E-state index in [1.807, 2.05) is 0 Å². The van der Waals surface area contributed by atoms with Crippen molar-refractivity contribution >= 4 is 39.6 Å².